The molecule has 1 aromatic carbocycles. The Morgan fingerprint density at radius 2 is 1.86 bits per heavy atom. The molecule has 0 unspecified atom stereocenters. The van der Waals surface area contributed by atoms with E-state index in [-0.39, 0.29) is 17.5 Å². The van der Waals surface area contributed by atoms with Crippen LogP contribution in [0.4, 0.5) is 18.9 Å². The average molecular weight is 320 g/mol. The van der Waals surface area contributed by atoms with E-state index in [4.69, 9.17) is 11.6 Å². The molecule has 1 aliphatic carbocycles. The van der Waals surface area contributed by atoms with Crippen LogP contribution in [0.3, 0.4) is 0 Å². The highest BCUT2D eigenvalue weighted by molar-refractivity contribution is 6.29. The first-order valence-corrected chi connectivity index (χ1v) is 7.49. The van der Waals surface area contributed by atoms with Crippen molar-refractivity contribution in [2.75, 3.05) is 17.3 Å². The summed E-state index contributed by atoms with van der Waals surface area (Å²) in [7, 11) is 0. The van der Waals surface area contributed by atoms with Crippen LogP contribution in [0, 0.1) is 5.92 Å². The third-order valence-corrected chi connectivity index (χ3v) is 4.06. The number of rotatable bonds is 4. The molecule has 2 rings (SSSR count). The average Bonchev–Trinajstić information content (AvgIpc) is 2.96. The second kappa shape index (κ2) is 6.69. The molecule has 0 N–H and O–H groups in total. The first kappa shape index (κ1) is 16.1. The molecule has 1 fully saturated rings. The molecule has 0 heterocycles. The van der Waals surface area contributed by atoms with Crippen molar-refractivity contribution < 1.29 is 18.0 Å². The van der Waals surface area contributed by atoms with Gasteiger partial charge in [0, 0.05) is 6.54 Å². The van der Waals surface area contributed by atoms with Crippen molar-refractivity contribution >= 4 is 23.2 Å². The molecule has 21 heavy (non-hydrogen) atoms. The Bertz CT molecular complexity index is 498. The summed E-state index contributed by atoms with van der Waals surface area (Å²) in [5, 5.41) is 0. The maximum atomic E-state index is 13.1. The number of carbonyl (C=O) groups excluding carboxylic acids is 1. The lowest BCUT2D eigenvalue weighted by atomic mass is 10.1. The Balaban J connectivity index is 2.34. The van der Waals surface area contributed by atoms with E-state index >= 15 is 0 Å². The highest BCUT2D eigenvalue weighted by atomic mass is 35.5. The molecule has 0 saturated heterocycles. The van der Waals surface area contributed by atoms with Gasteiger partial charge in [0.15, 0.2) is 0 Å². The highest BCUT2D eigenvalue weighted by Crippen LogP contribution is 2.37. The Morgan fingerprint density at radius 3 is 2.43 bits per heavy atom. The van der Waals surface area contributed by atoms with Crippen molar-refractivity contribution in [1.82, 2.24) is 0 Å². The van der Waals surface area contributed by atoms with Gasteiger partial charge < -0.3 is 4.90 Å². The molecule has 0 spiro atoms. The second-order valence-corrected chi connectivity index (χ2v) is 5.57. The smallest absolute Gasteiger partial charge is 0.311 e. The summed E-state index contributed by atoms with van der Waals surface area (Å²) >= 11 is 5.58. The molecule has 0 aliphatic heterocycles. The predicted molar refractivity (Wildman–Crippen MR) is 76.5 cm³/mol. The summed E-state index contributed by atoms with van der Waals surface area (Å²) in [6.07, 6.45) is -0.472. The lowest BCUT2D eigenvalue weighted by Crippen LogP contribution is -2.37. The minimum atomic E-state index is -4.49. The number of nitrogens with zero attached hydrogens (tertiary/aromatic N) is 1. The van der Waals surface area contributed by atoms with E-state index in [0.29, 0.717) is 6.54 Å². The van der Waals surface area contributed by atoms with E-state index in [0.717, 1.165) is 31.7 Å². The quantitative estimate of drug-likeness (QED) is 0.750. The van der Waals surface area contributed by atoms with Crippen molar-refractivity contribution in [3.05, 3.63) is 29.8 Å². The zero-order valence-corrected chi connectivity index (χ0v) is 12.3. The first-order valence-electron chi connectivity index (χ1n) is 6.96. The number of hydrogen-bond donors (Lipinski definition) is 0. The lowest BCUT2D eigenvalue weighted by molar-refractivity contribution is -0.137. The van der Waals surface area contributed by atoms with E-state index in [2.05, 4.69) is 0 Å². The first-order chi connectivity index (χ1) is 9.93. The fourth-order valence-corrected chi connectivity index (χ4v) is 2.95. The zero-order chi connectivity index (χ0) is 15.5. The van der Waals surface area contributed by atoms with Gasteiger partial charge in [0.25, 0.3) is 0 Å². The van der Waals surface area contributed by atoms with Crippen molar-refractivity contribution in [3.63, 3.8) is 0 Å². The summed E-state index contributed by atoms with van der Waals surface area (Å²) in [6, 6.07) is 5.17. The van der Waals surface area contributed by atoms with E-state index in [1.807, 2.05) is 0 Å². The minimum absolute atomic E-state index is 0.0949. The molecule has 0 aromatic heterocycles. The minimum Gasteiger partial charge on any atom is -0.311 e. The fourth-order valence-electron chi connectivity index (χ4n) is 2.81. The van der Waals surface area contributed by atoms with Gasteiger partial charge in [0.1, 0.15) is 5.88 Å². The van der Waals surface area contributed by atoms with Gasteiger partial charge >= 0.3 is 6.18 Å². The Hall–Kier alpha value is -1.23. The van der Waals surface area contributed by atoms with E-state index < -0.39 is 17.6 Å². The predicted octanol–water partition coefficient (Wildman–Crippen LogP) is 4.47. The molecule has 1 saturated carbocycles. The molecule has 6 heteroatoms. The monoisotopic (exact) mass is 319 g/mol. The van der Waals surface area contributed by atoms with Gasteiger partial charge in [-0.05, 0) is 30.9 Å². The van der Waals surface area contributed by atoms with Crippen molar-refractivity contribution in [1.29, 1.82) is 0 Å². The van der Waals surface area contributed by atoms with Crippen molar-refractivity contribution in [2.45, 2.75) is 31.9 Å². The molecule has 116 valence electrons. The largest absolute Gasteiger partial charge is 0.418 e. The molecule has 2 nitrogen and oxygen atoms in total. The van der Waals surface area contributed by atoms with Gasteiger partial charge in [-0.3, -0.25) is 4.79 Å². The molecular weight excluding hydrogens is 303 g/mol. The molecule has 0 atom stereocenters. The van der Waals surface area contributed by atoms with Crippen molar-refractivity contribution in [3.8, 4) is 0 Å². The van der Waals surface area contributed by atoms with Crippen LogP contribution < -0.4 is 4.90 Å². The van der Waals surface area contributed by atoms with Crippen LogP contribution >= 0.6 is 11.6 Å². The molecule has 1 aliphatic rings. The third-order valence-electron chi connectivity index (χ3n) is 3.83. The summed E-state index contributed by atoms with van der Waals surface area (Å²) in [5.41, 5.74) is -0.885. The number of alkyl halides is 4. The van der Waals surface area contributed by atoms with E-state index in [1.54, 1.807) is 0 Å². The lowest BCUT2D eigenvalue weighted by Gasteiger charge is -2.27. The molecule has 0 radical (unpaired) electrons. The summed E-state index contributed by atoms with van der Waals surface area (Å²) < 4.78 is 39.4. The zero-order valence-electron chi connectivity index (χ0n) is 11.5. The van der Waals surface area contributed by atoms with Crippen LogP contribution in [-0.2, 0) is 11.0 Å². The normalized spacial score (nSPS) is 16.2. The van der Waals surface area contributed by atoms with E-state index in [9.17, 15) is 18.0 Å². The number of hydrogen-bond acceptors (Lipinski definition) is 1. The number of anilines is 1. The maximum Gasteiger partial charge on any atom is 0.418 e. The van der Waals surface area contributed by atoms with Crippen LogP contribution in [0.25, 0.3) is 0 Å². The van der Waals surface area contributed by atoms with Crippen LogP contribution in [-0.4, -0.2) is 18.3 Å². The van der Waals surface area contributed by atoms with Gasteiger partial charge in [0.2, 0.25) is 5.91 Å². The molecule has 0 bridgehead atoms. The van der Waals surface area contributed by atoms with Crippen LogP contribution in [0.5, 0.6) is 0 Å². The Morgan fingerprint density at radius 1 is 1.24 bits per heavy atom. The topological polar surface area (TPSA) is 20.3 Å². The fraction of sp³-hybridized carbons (Fsp3) is 0.533. The van der Waals surface area contributed by atoms with E-state index in [1.165, 1.54) is 23.1 Å². The van der Waals surface area contributed by atoms with Gasteiger partial charge in [-0.2, -0.15) is 13.2 Å². The number of benzene rings is 1. The van der Waals surface area contributed by atoms with Gasteiger partial charge in [-0.1, -0.05) is 25.0 Å². The van der Waals surface area contributed by atoms with Gasteiger partial charge in [-0.15, -0.1) is 11.6 Å². The number of carbonyl (C=O) groups is 1. The van der Waals surface area contributed by atoms with Crippen LogP contribution in [0.2, 0.25) is 0 Å². The van der Waals surface area contributed by atoms with Crippen LogP contribution in [0.15, 0.2) is 24.3 Å². The maximum absolute atomic E-state index is 13.1. The molecule has 1 aromatic rings. The number of para-hydroxylation sites is 1. The van der Waals surface area contributed by atoms with Gasteiger partial charge in [-0.25, -0.2) is 0 Å². The standard InChI is InChI=1S/C15H17ClF3NO/c16-9-14(21)20(10-11-5-1-2-6-11)13-8-4-3-7-12(13)15(17,18)19/h3-4,7-8,11H,1-2,5-6,9-10H2. The summed E-state index contributed by atoms with van der Waals surface area (Å²) in [6.45, 7) is 0.304. The molecular formula is C15H17ClF3NO. The SMILES string of the molecule is O=C(CCl)N(CC1CCCC1)c1ccccc1C(F)(F)F. The summed E-state index contributed by atoms with van der Waals surface area (Å²) in [4.78, 5) is 13.2. The second-order valence-electron chi connectivity index (χ2n) is 5.30. The van der Waals surface area contributed by atoms with Gasteiger partial charge in [0.05, 0.1) is 11.3 Å². The molecule has 1 amide bonds. The summed E-state index contributed by atoms with van der Waals surface area (Å²) in [5.74, 6) is -0.558. The Labute approximate surface area is 126 Å². The third kappa shape index (κ3) is 3.90. The Kier molecular flexibility index (Phi) is 5.14. The highest BCUT2D eigenvalue weighted by Gasteiger charge is 2.36. The number of halogens is 4. The number of amides is 1. The van der Waals surface area contributed by atoms with Crippen LogP contribution in [0.1, 0.15) is 31.2 Å². The van der Waals surface area contributed by atoms with Crippen molar-refractivity contribution in [2.24, 2.45) is 5.92 Å².